The summed E-state index contributed by atoms with van der Waals surface area (Å²) in [5.74, 6) is -3.00. The second-order valence-corrected chi connectivity index (χ2v) is 7.40. The molecule has 0 spiro atoms. The smallest absolute Gasteiger partial charge is 0.326 e. The van der Waals surface area contributed by atoms with Crippen molar-refractivity contribution in [2.75, 3.05) is 6.54 Å². The van der Waals surface area contributed by atoms with Crippen LogP contribution in [0.3, 0.4) is 0 Å². The number of nitrogens with one attached hydrogen (secondary N) is 2. The number of carboxylic acids is 1. The van der Waals surface area contributed by atoms with Crippen LogP contribution in [-0.2, 0) is 19.2 Å². The molecule has 6 unspecified atom stereocenters. The van der Waals surface area contributed by atoms with Crippen molar-refractivity contribution in [2.45, 2.75) is 77.2 Å². The van der Waals surface area contributed by atoms with Gasteiger partial charge in [-0.25, -0.2) is 4.79 Å². The topological polar surface area (TPSA) is 162 Å². The Balaban J connectivity index is 2.85. The van der Waals surface area contributed by atoms with Gasteiger partial charge < -0.3 is 31.5 Å². The molecule has 0 saturated carbocycles. The van der Waals surface area contributed by atoms with Gasteiger partial charge in [-0.05, 0) is 32.6 Å². The number of hydrogen-bond donors (Lipinski definition) is 5. The first-order valence-electron chi connectivity index (χ1n) is 9.58. The van der Waals surface area contributed by atoms with Crippen molar-refractivity contribution in [3.05, 3.63) is 0 Å². The summed E-state index contributed by atoms with van der Waals surface area (Å²) < 4.78 is 0. The Labute approximate surface area is 164 Å². The highest BCUT2D eigenvalue weighted by atomic mass is 16.4. The first-order chi connectivity index (χ1) is 13.0. The zero-order chi connectivity index (χ0) is 21.6. The fraction of sp³-hybridized carbons (Fsp3) is 0.778. The SMILES string of the molecule is CCC(C)C(NC(=O)C(C)NC(=O)C(N)C(C)O)C(=O)N1CCCC1C(=O)O. The van der Waals surface area contributed by atoms with E-state index in [1.807, 2.05) is 6.92 Å². The molecule has 6 N–H and O–H groups in total. The maximum Gasteiger partial charge on any atom is 0.326 e. The number of carboxylic acid groups (broad SMARTS) is 1. The van der Waals surface area contributed by atoms with Gasteiger partial charge >= 0.3 is 5.97 Å². The quantitative estimate of drug-likeness (QED) is 0.325. The van der Waals surface area contributed by atoms with Crippen LogP contribution in [0.5, 0.6) is 0 Å². The van der Waals surface area contributed by atoms with Crippen molar-refractivity contribution in [2.24, 2.45) is 11.7 Å². The van der Waals surface area contributed by atoms with E-state index >= 15 is 0 Å². The van der Waals surface area contributed by atoms with E-state index in [2.05, 4.69) is 10.6 Å². The summed E-state index contributed by atoms with van der Waals surface area (Å²) in [4.78, 5) is 50.1. The second-order valence-electron chi connectivity index (χ2n) is 7.40. The van der Waals surface area contributed by atoms with Crippen LogP contribution >= 0.6 is 0 Å². The molecule has 160 valence electrons. The highest BCUT2D eigenvalue weighted by molar-refractivity contribution is 5.94. The summed E-state index contributed by atoms with van der Waals surface area (Å²) in [5.41, 5.74) is 5.54. The number of nitrogens with two attached hydrogens (primary N) is 1. The third kappa shape index (κ3) is 5.90. The lowest BCUT2D eigenvalue weighted by molar-refractivity contribution is -0.150. The standard InChI is InChI=1S/C18H32N4O6/c1-5-9(2)14(17(26)22-8-6-7-12(22)18(27)28)21-15(24)10(3)20-16(25)13(19)11(4)23/h9-14,23H,5-8,19H2,1-4H3,(H,20,25)(H,21,24)(H,27,28). The molecule has 10 nitrogen and oxygen atoms in total. The first-order valence-corrected chi connectivity index (χ1v) is 9.58. The van der Waals surface area contributed by atoms with Gasteiger partial charge in [-0.3, -0.25) is 14.4 Å². The third-order valence-electron chi connectivity index (χ3n) is 5.17. The Morgan fingerprint density at radius 3 is 2.25 bits per heavy atom. The normalized spacial score (nSPS) is 21.9. The van der Waals surface area contributed by atoms with Crippen LogP contribution in [0, 0.1) is 5.92 Å². The lowest BCUT2D eigenvalue weighted by Crippen LogP contribution is -2.58. The van der Waals surface area contributed by atoms with Gasteiger partial charge in [-0.15, -0.1) is 0 Å². The van der Waals surface area contributed by atoms with Crippen molar-refractivity contribution < 1.29 is 29.4 Å². The maximum absolute atomic E-state index is 12.9. The van der Waals surface area contributed by atoms with E-state index in [1.165, 1.54) is 18.7 Å². The van der Waals surface area contributed by atoms with Crippen LogP contribution < -0.4 is 16.4 Å². The highest BCUT2D eigenvalue weighted by Crippen LogP contribution is 2.21. The number of aliphatic hydroxyl groups is 1. The molecule has 3 amide bonds. The molecule has 0 aliphatic carbocycles. The molecule has 1 aliphatic rings. The fourth-order valence-electron chi connectivity index (χ4n) is 3.02. The Morgan fingerprint density at radius 1 is 1.14 bits per heavy atom. The van der Waals surface area contributed by atoms with Crippen LogP contribution in [0.25, 0.3) is 0 Å². The van der Waals surface area contributed by atoms with Crippen molar-refractivity contribution in [3.63, 3.8) is 0 Å². The molecule has 1 fully saturated rings. The number of rotatable bonds is 9. The van der Waals surface area contributed by atoms with E-state index in [0.29, 0.717) is 25.8 Å². The van der Waals surface area contributed by atoms with Crippen LogP contribution in [0.1, 0.15) is 47.0 Å². The molecule has 0 radical (unpaired) electrons. The van der Waals surface area contributed by atoms with Gasteiger partial charge in [-0.1, -0.05) is 20.3 Å². The predicted molar refractivity (Wildman–Crippen MR) is 101 cm³/mol. The van der Waals surface area contributed by atoms with Gasteiger partial charge in [0.2, 0.25) is 17.7 Å². The van der Waals surface area contributed by atoms with E-state index < -0.39 is 54.0 Å². The van der Waals surface area contributed by atoms with Crippen LogP contribution in [0.2, 0.25) is 0 Å². The van der Waals surface area contributed by atoms with Crippen LogP contribution in [0.15, 0.2) is 0 Å². The summed E-state index contributed by atoms with van der Waals surface area (Å²) in [6, 6.07) is -3.95. The van der Waals surface area contributed by atoms with Crippen molar-refractivity contribution >= 4 is 23.7 Å². The van der Waals surface area contributed by atoms with Gasteiger partial charge in [-0.2, -0.15) is 0 Å². The fourth-order valence-corrected chi connectivity index (χ4v) is 3.02. The molecular formula is C18H32N4O6. The molecule has 0 aromatic heterocycles. The van der Waals surface area contributed by atoms with Crippen LogP contribution in [0.4, 0.5) is 0 Å². The van der Waals surface area contributed by atoms with Crippen molar-refractivity contribution in [3.8, 4) is 0 Å². The number of carbonyl (C=O) groups excluding carboxylic acids is 3. The molecule has 1 saturated heterocycles. The Morgan fingerprint density at radius 2 is 1.75 bits per heavy atom. The molecule has 0 bridgehead atoms. The third-order valence-corrected chi connectivity index (χ3v) is 5.17. The number of aliphatic hydroxyl groups excluding tert-OH is 1. The zero-order valence-corrected chi connectivity index (χ0v) is 16.8. The molecule has 0 aromatic carbocycles. The van der Waals surface area contributed by atoms with E-state index in [9.17, 15) is 29.4 Å². The summed E-state index contributed by atoms with van der Waals surface area (Å²) in [6.45, 7) is 6.79. The number of hydrogen-bond acceptors (Lipinski definition) is 6. The Bertz CT molecular complexity index is 597. The van der Waals surface area contributed by atoms with E-state index in [1.54, 1.807) is 6.92 Å². The lowest BCUT2D eigenvalue weighted by atomic mass is 9.97. The molecule has 1 aliphatic heterocycles. The first kappa shape index (κ1) is 23.8. The molecule has 10 heteroatoms. The largest absolute Gasteiger partial charge is 0.480 e. The minimum atomic E-state index is -1.18. The summed E-state index contributed by atoms with van der Waals surface area (Å²) in [6.07, 6.45) is 0.489. The number of amides is 3. The van der Waals surface area contributed by atoms with Gasteiger partial charge in [0.25, 0.3) is 0 Å². The minimum absolute atomic E-state index is 0.228. The zero-order valence-electron chi connectivity index (χ0n) is 16.8. The van der Waals surface area contributed by atoms with Crippen molar-refractivity contribution in [1.29, 1.82) is 0 Å². The predicted octanol–water partition coefficient (Wildman–Crippen LogP) is -1.19. The molecular weight excluding hydrogens is 368 g/mol. The lowest BCUT2D eigenvalue weighted by Gasteiger charge is -2.31. The number of likely N-dealkylation sites (tertiary alicyclic amines) is 1. The number of nitrogens with zero attached hydrogens (tertiary/aromatic N) is 1. The second kappa shape index (κ2) is 10.4. The summed E-state index contributed by atoms with van der Waals surface area (Å²) >= 11 is 0. The average Bonchev–Trinajstić information content (AvgIpc) is 3.13. The van der Waals surface area contributed by atoms with Gasteiger partial charge in [0.05, 0.1) is 6.10 Å². The maximum atomic E-state index is 12.9. The molecule has 1 rings (SSSR count). The number of aliphatic carboxylic acids is 1. The van der Waals surface area contributed by atoms with Crippen LogP contribution in [-0.4, -0.2) is 75.6 Å². The van der Waals surface area contributed by atoms with E-state index in [-0.39, 0.29) is 5.92 Å². The van der Waals surface area contributed by atoms with E-state index in [4.69, 9.17) is 5.73 Å². The monoisotopic (exact) mass is 400 g/mol. The Hall–Kier alpha value is -2.20. The van der Waals surface area contributed by atoms with Gasteiger partial charge in [0.15, 0.2) is 0 Å². The van der Waals surface area contributed by atoms with Gasteiger partial charge in [0, 0.05) is 6.54 Å². The molecule has 6 atom stereocenters. The minimum Gasteiger partial charge on any atom is -0.480 e. The molecule has 28 heavy (non-hydrogen) atoms. The van der Waals surface area contributed by atoms with Crippen molar-refractivity contribution in [1.82, 2.24) is 15.5 Å². The Kier molecular flexibility index (Phi) is 8.83. The summed E-state index contributed by atoms with van der Waals surface area (Å²) in [5, 5.41) is 23.7. The highest BCUT2D eigenvalue weighted by Gasteiger charge is 2.39. The average molecular weight is 400 g/mol. The van der Waals surface area contributed by atoms with E-state index in [0.717, 1.165) is 0 Å². The summed E-state index contributed by atoms with van der Waals surface area (Å²) in [7, 11) is 0. The molecule has 1 heterocycles. The number of carbonyl (C=O) groups is 4. The molecule has 0 aromatic rings. The van der Waals surface area contributed by atoms with Gasteiger partial charge in [0.1, 0.15) is 24.2 Å².